The van der Waals surface area contributed by atoms with Gasteiger partial charge in [0.25, 0.3) is 0 Å². The van der Waals surface area contributed by atoms with Crippen LogP contribution in [0.1, 0.15) is 31.4 Å². The Hall–Kier alpha value is -1.75. The second kappa shape index (κ2) is 5.71. The van der Waals surface area contributed by atoms with Gasteiger partial charge in [-0.3, -0.25) is 4.79 Å². The van der Waals surface area contributed by atoms with Crippen LogP contribution in [0.15, 0.2) is 24.3 Å². The van der Waals surface area contributed by atoms with Crippen LogP contribution in [0.3, 0.4) is 0 Å². The molecule has 1 unspecified atom stereocenters. The molecule has 1 saturated carbocycles. The minimum atomic E-state index is -0.844. The van der Waals surface area contributed by atoms with Gasteiger partial charge in [0.2, 0.25) is 0 Å². The van der Waals surface area contributed by atoms with Crippen molar-refractivity contribution in [1.82, 2.24) is 10.6 Å². The van der Waals surface area contributed by atoms with Gasteiger partial charge >= 0.3 is 12.0 Å². The highest BCUT2D eigenvalue weighted by Crippen LogP contribution is 2.45. The summed E-state index contributed by atoms with van der Waals surface area (Å²) in [5.74, 6) is -0.844. The van der Waals surface area contributed by atoms with E-state index in [1.165, 1.54) is 0 Å². The molecule has 108 valence electrons. The quantitative estimate of drug-likeness (QED) is 0.781. The van der Waals surface area contributed by atoms with Crippen molar-refractivity contribution < 1.29 is 14.7 Å². The first-order chi connectivity index (χ1) is 9.43. The number of urea groups is 1. The van der Waals surface area contributed by atoms with E-state index >= 15 is 0 Å². The Morgan fingerprint density at radius 3 is 2.45 bits per heavy atom. The summed E-state index contributed by atoms with van der Waals surface area (Å²) in [6, 6.07) is 6.67. The van der Waals surface area contributed by atoms with Crippen LogP contribution >= 0.6 is 11.6 Å². The number of halogens is 1. The first kappa shape index (κ1) is 14.7. The number of hydrogen-bond acceptors (Lipinski definition) is 2. The van der Waals surface area contributed by atoms with Crippen molar-refractivity contribution in [1.29, 1.82) is 0 Å². The smallest absolute Gasteiger partial charge is 0.315 e. The van der Waals surface area contributed by atoms with Gasteiger partial charge in [0.05, 0.1) is 11.5 Å². The van der Waals surface area contributed by atoms with Crippen LogP contribution in [0.25, 0.3) is 0 Å². The minimum absolute atomic E-state index is 0.168. The molecule has 2 amide bonds. The van der Waals surface area contributed by atoms with E-state index in [1.807, 2.05) is 19.1 Å². The lowest BCUT2D eigenvalue weighted by Crippen LogP contribution is -2.41. The van der Waals surface area contributed by atoms with Gasteiger partial charge < -0.3 is 15.7 Å². The number of rotatable bonds is 5. The molecule has 20 heavy (non-hydrogen) atoms. The molecule has 1 aliphatic rings. The van der Waals surface area contributed by atoms with Gasteiger partial charge in [-0.25, -0.2) is 4.79 Å². The number of carboxylic acid groups (broad SMARTS) is 1. The topological polar surface area (TPSA) is 78.4 Å². The van der Waals surface area contributed by atoms with E-state index < -0.39 is 11.4 Å². The van der Waals surface area contributed by atoms with Crippen molar-refractivity contribution in [2.75, 3.05) is 6.54 Å². The Morgan fingerprint density at radius 2 is 1.95 bits per heavy atom. The summed E-state index contributed by atoms with van der Waals surface area (Å²) >= 11 is 5.80. The SMILES string of the molecule is CC(NC(=O)NCC1(C(=O)O)CC1)c1ccc(Cl)cc1. The minimum Gasteiger partial charge on any atom is -0.481 e. The third-order valence-electron chi connectivity index (χ3n) is 3.61. The average Bonchev–Trinajstić information content (AvgIpc) is 3.18. The number of carboxylic acids is 1. The van der Waals surface area contributed by atoms with Crippen molar-refractivity contribution in [3.05, 3.63) is 34.9 Å². The summed E-state index contributed by atoms with van der Waals surface area (Å²) < 4.78 is 0. The Kier molecular flexibility index (Phi) is 4.18. The molecule has 1 aromatic carbocycles. The third-order valence-corrected chi connectivity index (χ3v) is 3.86. The molecule has 1 fully saturated rings. The number of amides is 2. The average molecular weight is 297 g/mol. The molecular weight excluding hydrogens is 280 g/mol. The second-order valence-corrected chi connectivity index (χ2v) is 5.62. The van der Waals surface area contributed by atoms with E-state index in [-0.39, 0.29) is 18.6 Å². The number of carbonyl (C=O) groups excluding carboxylic acids is 1. The van der Waals surface area contributed by atoms with Crippen LogP contribution in [0.2, 0.25) is 5.02 Å². The maximum absolute atomic E-state index is 11.7. The van der Waals surface area contributed by atoms with Crippen molar-refractivity contribution in [3.8, 4) is 0 Å². The maximum atomic E-state index is 11.7. The predicted octanol–water partition coefficient (Wildman–Crippen LogP) is 2.57. The number of carbonyl (C=O) groups is 2. The molecule has 0 bridgehead atoms. The Labute approximate surface area is 122 Å². The molecule has 0 aliphatic heterocycles. The summed E-state index contributed by atoms with van der Waals surface area (Å²) in [4.78, 5) is 22.7. The van der Waals surface area contributed by atoms with E-state index in [1.54, 1.807) is 12.1 Å². The van der Waals surface area contributed by atoms with Gasteiger partial charge in [-0.05, 0) is 37.5 Å². The summed E-state index contributed by atoms with van der Waals surface area (Å²) in [5.41, 5.74) is 0.185. The van der Waals surface area contributed by atoms with Gasteiger partial charge in [-0.15, -0.1) is 0 Å². The molecule has 0 aromatic heterocycles. The Balaban J connectivity index is 1.82. The van der Waals surface area contributed by atoms with Crippen molar-refractivity contribution >= 4 is 23.6 Å². The zero-order valence-corrected chi connectivity index (χ0v) is 11.9. The monoisotopic (exact) mass is 296 g/mol. The van der Waals surface area contributed by atoms with E-state index in [0.717, 1.165) is 5.56 Å². The lowest BCUT2D eigenvalue weighted by atomic mass is 10.1. The number of benzene rings is 1. The number of hydrogen-bond donors (Lipinski definition) is 3. The Bertz CT molecular complexity index is 512. The predicted molar refractivity (Wildman–Crippen MR) is 75.7 cm³/mol. The van der Waals surface area contributed by atoms with E-state index in [9.17, 15) is 9.59 Å². The molecule has 0 spiro atoms. The van der Waals surface area contributed by atoms with Crippen LogP contribution < -0.4 is 10.6 Å². The van der Waals surface area contributed by atoms with E-state index in [2.05, 4.69) is 10.6 Å². The van der Waals surface area contributed by atoms with Crippen molar-refractivity contribution in [2.24, 2.45) is 5.41 Å². The molecule has 1 aliphatic carbocycles. The molecule has 3 N–H and O–H groups in total. The van der Waals surface area contributed by atoms with E-state index in [0.29, 0.717) is 17.9 Å². The third kappa shape index (κ3) is 3.42. The number of aliphatic carboxylic acids is 1. The highest BCUT2D eigenvalue weighted by molar-refractivity contribution is 6.30. The van der Waals surface area contributed by atoms with Gasteiger partial charge in [-0.2, -0.15) is 0 Å². The summed E-state index contributed by atoms with van der Waals surface area (Å²) in [6.45, 7) is 2.02. The van der Waals surface area contributed by atoms with Crippen molar-refractivity contribution in [2.45, 2.75) is 25.8 Å². The summed E-state index contributed by atoms with van der Waals surface area (Å²) in [7, 11) is 0. The lowest BCUT2D eigenvalue weighted by molar-refractivity contribution is -0.143. The van der Waals surface area contributed by atoms with E-state index in [4.69, 9.17) is 16.7 Å². The second-order valence-electron chi connectivity index (χ2n) is 5.19. The van der Waals surface area contributed by atoms with Gasteiger partial charge in [0, 0.05) is 11.6 Å². The number of nitrogens with one attached hydrogen (secondary N) is 2. The fourth-order valence-corrected chi connectivity index (χ4v) is 2.08. The fraction of sp³-hybridized carbons (Fsp3) is 0.429. The zero-order chi connectivity index (χ0) is 14.8. The Morgan fingerprint density at radius 1 is 1.35 bits per heavy atom. The fourth-order valence-electron chi connectivity index (χ4n) is 1.95. The van der Waals surface area contributed by atoms with Gasteiger partial charge in [-0.1, -0.05) is 23.7 Å². The molecule has 6 heteroatoms. The largest absolute Gasteiger partial charge is 0.481 e. The van der Waals surface area contributed by atoms with Crippen LogP contribution in [-0.4, -0.2) is 23.7 Å². The van der Waals surface area contributed by atoms with Gasteiger partial charge in [0.1, 0.15) is 0 Å². The summed E-state index contributed by atoms with van der Waals surface area (Å²) in [5, 5.41) is 15.1. The molecule has 1 aromatic rings. The lowest BCUT2D eigenvalue weighted by Gasteiger charge is -2.16. The molecule has 0 radical (unpaired) electrons. The van der Waals surface area contributed by atoms with Gasteiger partial charge in [0.15, 0.2) is 0 Å². The highest BCUT2D eigenvalue weighted by atomic mass is 35.5. The summed E-state index contributed by atoms with van der Waals surface area (Å²) in [6.07, 6.45) is 1.24. The van der Waals surface area contributed by atoms with Crippen LogP contribution in [0, 0.1) is 5.41 Å². The molecule has 2 rings (SSSR count). The standard InChI is InChI=1S/C14H17ClN2O3/c1-9(10-2-4-11(15)5-3-10)17-13(20)16-8-14(6-7-14)12(18)19/h2-5,9H,6-8H2,1H3,(H,18,19)(H2,16,17,20). The first-order valence-corrected chi connectivity index (χ1v) is 6.84. The molecule has 1 atom stereocenters. The normalized spacial score (nSPS) is 17.1. The van der Waals surface area contributed by atoms with Crippen LogP contribution in [0.5, 0.6) is 0 Å². The highest BCUT2D eigenvalue weighted by Gasteiger charge is 2.50. The molecule has 0 saturated heterocycles. The van der Waals surface area contributed by atoms with Crippen molar-refractivity contribution in [3.63, 3.8) is 0 Å². The zero-order valence-electron chi connectivity index (χ0n) is 11.1. The molecular formula is C14H17ClN2O3. The first-order valence-electron chi connectivity index (χ1n) is 6.46. The van der Waals surface area contributed by atoms with Crippen LogP contribution in [-0.2, 0) is 4.79 Å². The molecule has 0 heterocycles. The molecule has 5 nitrogen and oxygen atoms in total. The van der Waals surface area contributed by atoms with Crippen LogP contribution in [0.4, 0.5) is 4.79 Å². The maximum Gasteiger partial charge on any atom is 0.315 e.